The van der Waals surface area contributed by atoms with Gasteiger partial charge in [-0.2, -0.15) is 0 Å². The van der Waals surface area contributed by atoms with Crippen LogP contribution in [0.1, 0.15) is 5.69 Å². The van der Waals surface area contributed by atoms with Crippen molar-refractivity contribution >= 4 is 34.4 Å². The Labute approximate surface area is 175 Å². The van der Waals surface area contributed by atoms with Crippen molar-refractivity contribution < 1.29 is 0 Å². The summed E-state index contributed by atoms with van der Waals surface area (Å²) < 4.78 is 2.41. The fourth-order valence-electron chi connectivity index (χ4n) is 2.92. The van der Waals surface area contributed by atoms with E-state index < -0.39 is 11.2 Å². The summed E-state index contributed by atoms with van der Waals surface area (Å²) in [5.41, 5.74) is 0.866. The molecule has 0 N–H and O–H groups in total. The zero-order valence-electron chi connectivity index (χ0n) is 15.7. The van der Waals surface area contributed by atoms with Crippen molar-refractivity contribution in [2.75, 3.05) is 0 Å². The van der Waals surface area contributed by atoms with Crippen molar-refractivity contribution in [3.8, 4) is 11.4 Å². The van der Waals surface area contributed by atoms with E-state index in [1.165, 1.54) is 23.4 Å². The van der Waals surface area contributed by atoms with Crippen molar-refractivity contribution in [3.05, 3.63) is 80.2 Å². The summed E-state index contributed by atoms with van der Waals surface area (Å²) in [5.74, 6) is 0.871. The molecular weight excluding hydrogens is 410 g/mol. The van der Waals surface area contributed by atoms with Crippen LogP contribution in [0.5, 0.6) is 0 Å². The molecule has 0 saturated heterocycles. The molecule has 4 aromatic rings. The molecule has 0 atom stereocenters. The number of aromatic nitrogens is 5. The van der Waals surface area contributed by atoms with Gasteiger partial charge in [0.15, 0.2) is 11.5 Å². The molecule has 0 spiro atoms. The van der Waals surface area contributed by atoms with Crippen molar-refractivity contribution in [1.82, 2.24) is 24.1 Å². The van der Waals surface area contributed by atoms with Crippen LogP contribution < -0.4 is 11.2 Å². The summed E-state index contributed by atoms with van der Waals surface area (Å²) in [4.78, 5) is 38.8. The molecule has 0 aliphatic rings. The number of fused-ring (bicyclic) bond motifs is 1. The molecule has 3 heterocycles. The largest absolute Gasteiger partial charge is 0.332 e. The zero-order valence-corrected chi connectivity index (χ0v) is 17.2. The Morgan fingerprint density at radius 1 is 1.00 bits per heavy atom. The quantitative estimate of drug-likeness (QED) is 0.369. The number of nitrogens with zero attached hydrogens (tertiary/aromatic N) is 5. The number of thioether (sulfide) groups is 1. The summed E-state index contributed by atoms with van der Waals surface area (Å²) in [6.07, 6.45) is 1.71. The molecular formula is C20H16ClN5O2S. The van der Waals surface area contributed by atoms with E-state index in [1.807, 2.05) is 30.3 Å². The maximum atomic E-state index is 12.9. The van der Waals surface area contributed by atoms with E-state index >= 15 is 0 Å². The van der Waals surface area contributed by atoms with Gasteiger partial charge in [0.2, 0.25) is 0 Å². The number of halogens is 1. The number of rotatable bonds is 4. The topological polar surface area (TPSA) is 82.7 Å². The lowest BCUT2D eigenvalue weighted by molar-refractivity contribution is 0.703. The van der Waals surface area contributed by atoms with E-state index in [2.05, 4.69) is 15.0 Å². The van der Waals surface area contributed by atoms with Crippen LogP contribution in [0.25, 0.3) is 22.4 Å². The SMILES string of the molecule is Cn1c(=O)c2c(SCc3ccccn3)nc(-c3ccccc3Cl)nc2n(C)c1=O. The molecule has 9 heteroatoms. The van der Waals surface area contributed by atoms with Gasteiger partial charge in [-0.25, -0.2) is 14.8 Å². The first-order valence-corrected chi connectivity index (χ1v) is 10.1. The number of hydrogen-bond acceptors (Lipinski definition) is 6. The highest BCUT2D eigenvalue weighted by Crippen LogP contribution is 2.30. The van der Waals surface area contributed by atoms with Gasteiger partial charge in [-0.3, -0.25) is 18.9 Å². The average molecular weight is 426 g/mol. The molecule has 4 rings (SSSR count). The second kappa shape index (κ2) is 7.81. The van der Waals surface area contributed by atoms with E-state index in [9.17, 15) is 9.59 Å². The molecule has 0 saturated carbocycles. The van der Waals surface area contributed by atoms with Gasteiger partial charge in [0, 0.05) is 31.6 Å². The normalized spacial score (nSPS) is 11.1. The Morgan fingerprint density at radius 2 is 1.76 bits per heavy atom. The minimum atomic E-state index is -0.452. The molecule has 3 aromatic heterocycles. The van der Waals surface area contributed by atoms with Gasteiger partial charge in [0.05, 0.1) is 10.7 Å². The van der Waals surface area contributed by atoms with Crippen molar-refractivity contribution in [2.45, 2.75) is 10.8 Å². The predicted octanol–water partition coefficient (Wildman–Crippen LogP) is 3.03. The Kier molecular flexibility index (Phi) is 5.21. The van der Waals surface area contributed by atoms with Crippen LogP contribution in [-0.2, 0) is 19.8 Å². The lowest BCUT2D eigenvalue weighted by atomic mass is 10.2. The minimum Gasteiger partial charge on any atom is -0.280 e. The molecule has 146 valence electrons. The second-order valence-electron chi connectivity index (χ2n) is 6.35. The van der Waals surface area contributed by atoms with E-state index in [4.69, 9.17) is 11.6 Å². The van der Waals surface area contributed by atoms with Crippen molar-refractivity contribution in [2.24, 2.45) is 14.1 Å². The number of aryl methyl sites for hydroxylation is 1. The molecule has 0 amide bonds. The van der Waals surface area contributed by atoms with Crippen molar-refractivity contribution in [3.63, 3.8) is 0 Å². The molecule has 1 aromatic carbocycles. The van der Waals surface area contributed by atoms with Gasteiger partial charge >= 0.3 is 5.69 Å². The summed E-state index contributed by atoms with van der Waals surface area (Å²) in [6, 6.07) is 12.8. The van der Waals surface area contributed by atoms with Crippen LogP contribution in [0.3, 0.4) is 0 Å². The first-order chi connectivity index (χ1) is 14.0. The van der Waals surface area contributed by atoms with Gasteiger partial charge < -0.3 is 0 Å². The molecule has 7 nitrogen and oxygen atoms in total. The van der Waals surface area contributed by atoms with Crippen LogP contribution in [0, 0.1) is 0 Å². The maximum Gasteiger partial charge on any atom is 0.332 e. The highest BCUT2D eigenvalue weighted by atomic mass is 35.5. The highest BCUT2D eigenvalue weighted by molar-refractivity contribution is 7.98. The Morgan fingerprint density at radius 3 is 2.48 bits per heavy atom. The molecule has 0 radical (unpaired) electrons. The number of benzene rings is 1. The summed E-state index contributed by atoms with van der Waals surface area (Å²) in [7, 11) is 3.03. The van der Waals surface area contributed by atoms with Crippen LogP contribution in [-0.4, -0.2) is 24.1 Å². The van der Waals surface area contributed by atoms with Gasteiger partial charge in [0.1, 0.15) is 10.4 Å². The summed E-state index contributed by atoms with van der Waals surface area (Å²) in [6.45, 7) is 0. The van der Waals surface area contributed by atoms with E-state index in [-0.39, 0.29) is 5.65 Å². The molecule has 29 heavy (non-hydrogen) atoms. The molecule has 0 bridgehead atoms. The second-order valence-corrected chi connectivity index (χ2v) is 7.72. The van der Waals surface area contributed by atoms with Crippen LogP contribution >= 0.6 is 23.4 Å². The van der Waals surface area contributed by atoms with E-state index in [1.54, 1.807) is 25.4 Å². The smallest absolute Gasteiger partial charge is 0.280 e. The van der Waals surface area contributed by atoms with Gasteiger partial charge in [-0.15, -0.1) is 0 Å². The minimum absolute atomic E-state index is 0.270. The van der Waals surface area contributed by atoms with Gasteiger partial charge in [-0.05, 0) is 24.3 Å². The van der Waals surface area contributed by atoms with Crippen molar-refractivity contribution in [1.29, 1.82) is 0 Å². The first-order valence-electron chi connectivity index (χ1n) is 8.72. The fourth-order valence-corrected chi connectivity index (χ4v) is 4.07. The third-order valence-corrected chi connectivity index (χ3v) is 5.80. The molecule has 0 fully saturated rings. The molecule has 0 aliphatic carbocycles. The summed E-state index contributed by atoms with van der Waals surface area (Å²) >= 11 is 7.70. The van der Waals surface area contributed by atoms with Gasteiger partial charge in [-0.1, -0.05) is 41.6 Å². The maximum absolute atomic E-state index is 12.9. The highest BCUT2D eigenvalue weighted by Gasteiger charge is 2.19. The predicted molar refractivity (Wildman–Crippen MR) is 114 cm³/mol. The third-order valence-electron chi connectivity index (χ3n) is 4.46. The van der Waals surface area contributed by atoms with Crippen LogP contribution in [0.4, 0.5) is 0 Å². The van der Waals surface area contributed by atoms with Gasteiger partial charge in [0.25, 0.3) is 5.56 Å². The summed E-state index contributed by atoms with van der Waals surface area (Å²) in [5, 5.41) is 1.26. The van der Waals surface area contributed by atoms with E-state index in [0.717, 1.165) is 10.3 Å². The standard InChI is InChI=1S/C20H16ClN5O2S/c1-25-17-15(19(27)26(2)20(25)28)18(29-11-12-7-5-6-10-22-12)24-16(23-17)13-8-3-4-9-14(13)21/h3-10H,11H2,1-2H3. The fraction of sp³-hybridized carbons (Fsp3) is 0.150. The Bertz CT molecular complexity index is 1330. The first kappa shape index (κ1) is 19.4. The average Bonchev–Trinajstić information content (AvgIpc) is 2.75. The Balaban J connectivity index is 1.97. The molecule has 0 unspecified atom stereocenters. The van der Waals surface area contributed by atoms with Crippen LogP contribution in [0.15, 0.2) is 63.3 Å². The third kappa shape index (κ3) is 3.56. The van der Waals surface area contributed by atoms with E-state index in [0.29, 0.717) is 32.6 Å². The Hall–Kier alpha value is -2.97. The number of pyridine rings is 1. The number of hydrogen-bond donors (Lipinski definition) is 0. The van der Waals surface area contributed by atoms with Crippen LogP contribution in [0.2, 0.25) is 5.02 Å². The molecule has 0 aliphatic heterocycles. The monoisotopic (exact) mass is 425 g/mol. The zero-order chi connectivity index (χ0) is 20.5. The lowest BCUT2D eigenvalue weighted by Gasteiger charge is -2.12. The lowest BCUT2D eigenvalue weighted by Crippen LogP contribution is -2.37.